The Hall–Kier alpha value is -2.20. The molecule has 0 atom stereocenters. The van der Waals surface area contributed by atoms with Crippen molar-refractivity contribution in [3.05, 3.63) is 48.5 Å². The SMILES string of the molecule is C=CC(Br)=N/C=C1\CN(c2ccnc(N)n2)C=C1C1CCN(CCC(F)(F)F)CC1. The van der Waals surface area contributed by atoms with Crippen molar-refractivity contribution in [3.8, 4) is 0 Å². The Bertz CT molecular complexity index is 856. The normalized spacial score (nSPS) is 20.7. The van der Waals surface area contributed by atoms with Crippen molar-refractivity contribution < 1.29 is 13.2 Å². The van der Waals surface area contributed by atoms with Crippen molar-refractivity contribution in [3.63, 3.8) is 0 Å². The van der Waals surface area contributed by atoms with Crippen LogP contribution in [0.2, 0.25) is 0 Å². The fourth-order valence-electron chi connectivity index (χ4n) is 3.67. The highest BCUT2D eigenvalue weighted by atomic mass is 79.9. The van der Waals surface area contributed by atoms with Crippen molar-refractivity contribution in [2.45, 2.75) is 25.4 Å². The van der Waals surface area contributed by atoms with E-state index in [0.29, 0.717) is 30.1 Å². The van der Waals surface area contributed by atoms with Crippen LogP contribution in [0.3, 0.4) is 0 Å². The van der Waals surface area contributed by atoms with Gasteiger partial charge in [-0.3, -0.25) is 0 Å². The summed E-state index contributed by atoms with van der Waals surface area (Å²) in [6.45, 7) is 5.61. The summed E-state index contributed by atoms with van der Waals surface area (Å²) in [4.78, 5) is 16.5. The van der Waals surface area contributed by atoms with Crippen LogP contribution >= 0.6 is 15.9 Å². The number of halogens is 4. The molecule has 30 heavy (non-hydrogen) atoms. The molecule has 0 unspecified atom stereocenters. The predicted octanol–water partition coefficient (Wildman–Crippen LogP) is 4.29. The van der Waals surface area contributed by atoms with Gasteiger partial charge in [0.2, 0.25) is 5.95 Å². The molecule has 2 aliphatic heterocycles. The van der Waals surface area contributed by atoms with Crippen molar-refractivity contribution in [1.29, 1.82) is 0 Å². The molecule has 6 nitrogen and oxygen atoms in total. The standard InChI is InChI=1S/C20H24BrF3N6/c1-2-17(21)27-11-15-12-30(18-3-7-26-19(25)28-18)13-16(15)14-4-8-29(9-5-14)10-6-20(22,23)24/h2-3,7,11,13-14H,1,4-6,8-10,12H2,(H2,25,26,28)/b15-11+,27-17?. The minimum atomic E-state index is -4.11. The number of aromatic nitrogens is 2. The number of piperidine rings is 1. The maximum Gasteiger partial charge on any atom is 0.390 e. The lowest BCUT2D eigenvalue weighted by atomic mass is 9.86. The highest BCUT2D eigenvalue weighted by molar-refractivity contribution is 9.18. The molecule has 1 saturated heterocycles. The smallest absolute Gasteiger partial charge is 0.368 e. The van der Waals surface area contributed by atoms with E-state index in [-0.39, 0.29) is 18.4 Å². The molecule has 3 heterocycles. The van der Waals surface area contributed by atoms with E-state index in [4.69, 9.17) is 5.73 Å². The molecule has 162 valence electrons. The van der Waals surface area contributed by atoms with Crippen LogP contribution in [0.4, 0.5) is 24.9 Å². The number of alkyl halides is 3. The Morgan fingerprint density at radius 3 is 2.73 bits per heavy atom. The van der Waals surface area contributed by atoms with Gasteiger partial charge in [-0.25, -0.2) is 9.98 Å². The summed E-state index contributed by atoms with van der Waals surface area (Å²) < 4.78 is 38.1. The monoisotopic (exact) mass is 484 g/mol. The molecule has 0 radical (unpaired) electrons. The fraction of sp³-hybridized carbons (Fsp3) is 0.450. The van der Waals surface area contributed by atoms with Gasteiger partial charge < -0.3 is 15.5 Å². The van der Waals surface area contributed by atoms with Crippen LogP contribution in [0, 0.1) is 5.92 Å². The molecular weight excluding hydrogens is 461 g/mol. The van der Waals surface area contributed by atoms with E-state index in [2.05, 4.69) is 37.5 Å². The number of nitrogens with zero attached hydrogens (tertiary/aromatic N) is 5. The second-order valence-corrected chi connectivity index (χ2v) is 8.09. The summed E-state index contributed by atoms with van der Waals surface area (Å²) in [5.74, 6) is 1.14. The number of hydrogen-bond donors (Lipinski definition) is 1. The topological polar surface area (TPSA) is 70.6 Å². The van der Waals surface area contributed by atoms with Gasteiger partial charge in [0.15, 0.2) is 0 Å². The van der Waals surface area contributed by atoms with Crippen LogP contribution in [0.1, 0.15) is 19.3 Å². The van der Waals surface area contributed by atoms with E-state index in [1.165, 1.54) is 0 Å². The van der Waals surface area contributed by atoms with Gasteiger partial charge in [0.1, 0.15) is 10.4 Å². The number of hydrogen-bond acceptors (Lipinski definition) is 6. The van der Waals surface area contributed by atoms with E-state index in [9.17, 15) is 13.2 Å². The zero-order valence-corrected chi connectivity index (χ0v) is 18.0. The third-order valence-electron chi connectivity index (χ3n) is 5.21. The van der Waals surface area contributed by atoms with E-state index in [1.807, 2.05) is 16.0 Å². The molecule has 0 bridgehead atoms. The first-order valence-corrected chi connectivity index (χ1v) is 10.5. The summed E-state index contributed by atoms with van der Waals surface area (Å²) >= 11 is 3.33. The minimum absolute atomic E-state index is 0.0564. The van der Waals surface area contributed by atoms with Crippen LogP contribution in [-0.4, -0.2) is 51.8 Å². The molecule has 1 aromatic heterocycles. The Morgan fingerprint density at radius 2 is 2.10 bits per heavy atom. The molecule has 3 rings (SSSR count). The molecule has 1 aromatic rings. The number of allylic oxidation sites excluding steroid dienone is 1. The second-order valence-electron chi connectivity index (χ2n) is 7.28. The number of anilines is 2. The zero-order chi connectivity index (χ0) is 21.7. The van der Waals surface area contributed by atoms with E-state index in [0.717, 1.165) is 24.0 Å². The van der Waals surface area contributed by atoms with Crippen LogP contribution in [0.5, 0.6) is 0 Å². The first kappa shape index (κ1) is 22.5. The maximum atomic E-state index is 12.5. The van der Waals surface area contributed by atoms with Crippen molar-refractivity contribution in [2.75, 3.05) is 36.8 Å². The van der Waals surface area contributed by atoms with Crippen LogP contribution in [0.25, 0.3) is 0 Å². The Morgan fingerprint density at radius 1 is 1.37 bits per heavy atom. The molecule has 1 fully saturated rings. The average Bonchev–Trinajstić information content (AvgIpc) is 3.14. The van der Waals surface area contributed by atoms with Gasteiger partial charge in [-0.2, -0.15) is 18.2 Å². The second kappa shape index (κ2) is 9.74. The van der Waals surface area contributed by atoms with E-state index in [1.54, 1.807) is 24.5 Å². The largest absolute Gasteiger partial charge is 0.390 e. The summed E-state index contributed by atoms with van der Waals surface area (Å²) in [5, 5.41) is 0. The van der Waals surface area contributed by atoms with Gasteiger partial charge in [0, 0.05) is 25.1 Å². The van der Waals surface area contributed by atoms with E-state index < -0.39 is 12.6 Å². The number of aliphatic imine (C=N–C) groups is 1. The van der Waals surface area contributed by atoms with Crippen LogP contribution < -0.4 is 10.6 Å². The highest BCUT2D eigenvalue weighted by Crippen LogP contribution is 2.36. The highest BCUT2D eigenvalue weighted by Gasteiger charge is 2.32. The molecule has 0 aliphatic carbocycles. The molecule has 0 saturated carbocycles. The van der Waals surface area contributed by atoms with Gasteiger partial charge >= 0.3 is 6.18 Å². The minimum Gasteiger partial charge on any atom is -0.368 e. The van der Waals surface area contributed by atoms with Gasteiger partial charge in [-0.1, -0.05) is 6.58 Å². The molecular formula is C20H24BrF3N6. The molecule has 0 amide bonds. The van der Waals surface area contributed by atoms with Gasteiger partial charge in [0.05, 0.1) is 13.0 Å². The third kappa shape index (κ3) is 6.15. The predicted molar refractivity (Wildman–Crippen MR) is 116 cm³/mol. The van der Waals surface area contributed by atoms with Crippen LogP contribution in [0.15, 0.2) is 53.5 Å². The van der Waals surface area contributed by atoms with Gasteiger partial charge in [-0.05, 0) is 71.1 Å². The average molecular weight is 485 g/mol. The molecule has 10 heteroatoms. The molecule has 2 N–H and O–H groups in total. The Labute approximate surface area is 182 Å². The zero-order valence-electron chi connectivity index (χ0n) is 16.4. The summed E-state index contributed by atoms with van der Waals surface area (Å²) in [6.07, 6.45) is 3.78. The lowest BCUT2D eigenvalue weighted by Gasteiger charge is -2.32. The van der Waals surface area contributed by atoms with Crippen molar-refractivity contribution >= 4 is 32.3 Å². The first-order chi connectivity index (χ1) is 14.2. The number of nitrogen functional groups attached to an aromatic ring is 1. The Balaban J connectivity index is 1.75. The lowest BCUT2D eigenvalue weighted by molar-refractivity contribution is -0.138. The summed E-state index contributed by atoms with van der Waals surface area (Å²) in [6, 6.07) is 1.79. The number of nitrogens with two attached hydrogens (primary N) is 1. The van der Waals surface area contributed by atoms with Crippen molar-refractivity contribution in [2.24, 2.45) is 10.9 Å². The number of likely N-dealkylation sites (tertiary alicyclic amines) is 1. The first-order valence-electron chi connectivity index (χ1n) is 9.66. The Kier molecular flexibility index (Phi) is 7.30. The molecule has 2 aliphatic rings. The fourth-order valence-corrected chi connectivity index (χ4v) is 3.77. The maximum absolute atomic E-state index is 12.5. The van der Waals surface area contributed by atoms with Crippen molar-refractivity contribution in [1.82, 2.24) is 14.9 Å². The summed E-state index contributed by atoms with van der Waals surface area (Å²) in [7, 11) is 0. The van der Waals surface area contributed by atoms with Gasteiger partial charge in [0.25, 0.3) is 0 Å². The lowest BCUT2D eigenvalue weighted by Crippen LogP contribution is -2.36. The van der Waals surface area contributed by atoms with E-state index >= 15 is 0 Å². The number of rotatable bonds is 6. The van der Waals surface area contributed by atoms with Gasteiger partial charge in [-0.15, -0.1) is 0 Å². The quantitative estimate of drug-likeness (QED) is 0.609. The third-order valence-corrected chi connectivity index (χ3v) is 5.74. The molecule has 0 spiro atoms. The summed E-state index contributed by atoms with van der Waals surface area (Å²) in [5.41, 5.74) is 7.90. The van der Waals surface area contributed by atoms with Crippen LogP contribution in [-0.2, 0) is 0 Å². The molecule has 0 aromatic carbocycles.